The Morgan fingerprint density at radius 1 is 1.27 bits per heavy atom. The molecule has 2 aromatic heterocycles. The third kappa shape index (κ3) is 5.00. The molecule has 3 rings (SSSR count). The van der Waals surface area contributed by atoms with Crippen molar-refractivity contribution < 1.29 is 0 Å². The molecule has 1 aromatic carbocycles. The van der Waals surface area contributed by atoms with Crippen molar-refractivity contribution in [1.82, 2.24) is 25.4 Å². The molecule has 3 aromatic rings. The molecule has 26 heavy (non-hydrogen) atoms. The van der Waals surface area contributed by atoms with E-state index in [0.717, 1.165) is 31.2 Å². The zero-order valence-corrected chi connectivity index (χ0v) is 17.9. The van der Waals surface area contributed by atoms with Crippen LogP contribution in [0.5, 0.6) is 0 Å². The molecule has 0 aliphatic heterocycles. The second-order valence-corrected chi connectivity index (χ2v) is 6.18. The highest BCUT2D eigenvalue weighted by Crippen LogP contribution is 2.19. The minimum atomic E-state index is 0. The molecule has 140 valence electrons. The minimum absolute atomic E-state index is 0. The Labute approximate surface area is 171 Å². The van der Waals surface area contributed by atoms with E-state index >= 15 is 0 Å². The summed E-state index contributed by atoms with van der Waals surface area (Å²) >= 11 is 0. The highest BCUT2D eigenvalue weighted by molar-refractivity contribution is 14.0. The van der Waals surface area contributed by atoms with Gasteiger partial charge in [-0.1, -0.05) is 12.1 Å². The van der Waals surface area contributed by atoms with Crippen molar-refractivity contribution in [2.24, 2.45) is 12.0 Å². The molecule has 3 N–H and O–H groups in total. The van der Waals surface area contributed by atoms with Gasteiger partial charge < -0.3 is 15.6 Å². The van der Waals surface area contributed by atoms with Crippen molar-refractivity contribution in [3.63, 3.8) is 0 Å². The van der Waals surface area contributed by atoms with Gasteiger partial charge in [-0.3, -0.25) is 4.68 Å². The van der Waals surface area contributed by atoms with E-state index in [2.05, 4.69) is 64.0 Å². The van der Waals surface area contributed by atoms with Crippen molar-refractivity contribution in [2.45, 2.75) is 26.8 Å². The summed E-state index contributed by atoms with van der Waals surface area (Å²) in [6, 6.07) is 8.53. The number of nitrogens with zero attached hydrogens (tertiary/aromatic N) is 3. The first-order valence-electron chi connectivity index (χ1n) is 8.73. The third-order valence-corrected chi connectivity index (χ3v) is 4.28. The number of hydrogen-bond acceptors (Lipinski definition) is 2. The lowest BCUT2D eigenvalue weighted by Gasteiger charge is -2.11. The molecule has 0 amide bonds. The molecule has 2 heterocycles. The number of aromatic nitrogens is 3. The molecule has 0 aliphatic carbocycles. The maximum absolute atomic E-state index is 4.64. The van der Waals surface area contributed by atoms with Crippen LogP contribution in [0.1, 0.15) is 23.7 Å². The predicted molar refractivity (Wildman–Crippen MR) is 118 cm³/mol. The third-order valence-electron chi connectivity index (χ3n) is 4.28. The zero-order chi connectivity index (χ0) is 17.6. The largest absolute Gasteiger partial charge is 0.361 e. The van der Waals surface area contributed by atoms with Crippen LogP contribution in [0.3, 0.4) is 0 Å². The second kappa shape index (κ2) is 9.61. The van der Waals surface area contributed by atoms with Gasteiger partial charge in [-0.05, 0) is 43.5 Å². The Bertz CT molecular complexity index is 864. The number of hydrogen-bond donors (Lipinski definition) is 3. The molecule has 0 unspecified atom stereocenters. The van der Waals surface area contributed by atoms with Crippen LogP contribution in [0.2, 0.25) is 0 Å². The van der Waals surface area contributed by atoms with E-state index < -0.39 is 0 Å². The van der Waals surface area contributed by atoms with Crippen LogP contribution in [0.15, 0.2) is 41.7 Å². The van der Waals surface area contributed by atoms with Crippen molar-refractivity contribution >= 4 is 40.8 Å². The van der Waals surface area contributed by atoms with E-state index in [0.29, 0.717) is 6.54 Å². The number of guanidine groups is 1. The number of halogens is 1. The molecule has 0 bridgehead atoms. The van der Waals surface area contributed by atoms with Crippen LogP contribution in [0.4, 0.5) is 0 Å². The normalized spacial score (nSPS) is 11.4. The van der Waals surface area contributed by atoms with Crippen LogP contribution < -0.4 is 10.6 Å². The van der Waals surface area contributed by atoms with Crippen molar-refractivity contribution in [3.8, 4) is 0 Å². The number of nitrogens with one attached hydrogen (secondary N) is 3. The fraction of sp³-hybridized carbons (Fsp3) is 0.368. The maximum atomic E-state index is 4.64. The summed E-state index contributed by atoms with van der Waals surface area (Å²) < 4.78 is 1.85. The second-order valence-electron chi connectivity index (χ2n) is 6.18. The molecule has 0 saturated carbocycles. The fourth-order valence-electron chi connectivity index (χ4n) is 2.88. The Kier molecular flexibility index (Phi) is 7.50. The predicted octanol–water partition coefficient (Wildman–Crippen LogP) is 3.13. The first kappa shape index (κ1) is 20.3. The molecule has 0 radical (unpaired) electrons. The number of rotatable bonds is 6. The molecule has 7 heteroatoms. The van der Waals surface area contributed by atoms with Crippen LogP contribution >= 0.6 is 24.0 Å². The maximum Gasteiger partial charge on any atom is 0.191 e. The van der Waals surface area contributed by atoms with Crippen molar-refractivity contribution in [3.05, 3.63) is 53.5 Å². The van der Waals surface area contributed by atoms with E-state index in [1.54, 1.807) is 6.20 Å². The molecule has 0 saturated heterocycles. The number of H-pyrrole nitrogens is 1. The SMILES string of the molecule is CCNC(=NCc1ccnn1C)NCCc1c[nH]c2cc(C)ccc12.I. The fourth-order valence-corrected chi connectivity index (χ4v) is 2.88. The summed E-state index contributed by atoms with van der Waals surface area (Å²) in [5, 5.41) is 12.2. The van der Waals surface area contributed by atoms with Gasteiger partial charge in [0.05, 0.1) is 12.2 Å². The smallest absolute Gasteiger partial charge is 0.191 e. The average molecular weight is 466 g/mol. The molecule has 0 aliphatic rings. The Morgan fingerprint density at radius 2 is 2.12 bits per heavy atom. The number of aliphatic imine (C=N–C) groups is 1. The van der Waals surface area contributed by atoms with Gasteiger partial charge in [-0.15, -0.1) is 24.0 Å². The number of fused-ring (bicyclic) bond motifs is 1. The topological polar surface area (TPSA) is 70.0 Å². The lowest BCUT2D eigenvalue weighted by atomic mass is 10.1. The molecule has 0 fully saturated rings. The standard InChI is InChI=1S/C19H26N6.HI/c1-4-20-19(23-13-16-8-10-24-25(16)3)21-9-7-15-12-22-18-11-14(2)5-6-17(15)18;/h5-6,8,10-12,22H,4,7,9,13H2,1-3H3,(H2,20,21,23);1H. The lowest BCUT2D eigenvalue weighted by Crippen LogP contribution is -2.38. The molecule has 6 nitrogen and oxygen atoms in total. The lowest BCUT2D eigenvalue weighted by molar-refractivity contribution is 0.707. The van der Waals surface area contributed by atoms with E-state index in [-0.39, 0.29) is 24.0 Å². The Hall–Kier alpha value is -2.03. The highest BCUT2D eigenvalue weighted by atomic mass is 127. The molecular weight excluding hydrogens is 439 g/mol. The van der Waals surface area contributed by atoms with Crippen molar-refractivity contribution in [1.29, 1.82) is 0 Å². The summed E-state index contributed by atoms with van der Waals surface area (Å²) in [6.45, 7) is 6.46. The van der Waals surface area contributed by atoms with E-state index in [1.165, 1.54) is 22.0 Å². The van der Waals surface area contributed by atoms with Gasteiger partial charge in [0.15, 0.2) is 5.96 Å². The van der Waals surface area contributed by atoms with Crippen LogP contribution in [0.25, 0.3) is 10.9 Å². The van der Waals surface area contributed by atoms with Gasteiger partial charge in [0.1, 0.15) is 0 Å². The number of benzene rings is 1. The monoisotopic (exact) mass is 466 g/mol. The van der Waals surface area contributed by atoms with Gasteiger partial charge in [-0.25, -0.2) is 4.99 Å². The van der Waals surface area contributed by atoms with E-state index in [1.807, 2.05) is 17.8 Å². The van der Waals surface area contributed by atoms with Gasteiger partial charge in [0.2, 0.25) is 0 Å². The van der Waals surface area contributed by atoms with E-state index in [9.17, 15) is 0 Å². The van der Waals surface area contributed by atoms with Gasteiger partial charge in [0.25, 0.3) is 0 Å². The summed E-state index contributed by atoms with van der Waals surface area (Å²) in [5.74, 6) is 0.833. The summed E-state index contributed by atoms with van der Waals surface area (Å²) in [6.07, 6.45) is 4.84. The number of aromatic amines is 1. The molecule has 0 spiro atoms. The van der Waals surface area contributed by atoms with Crippen molar-refractivity contribution in [2.75, 3.05) is 13.1 Å². The first-order valence-corrected chi connectivity index (χ1v) is 8.73. The van der Waals surface area contributed by atoms with Crippen LogP contribution in [-0.4, -0.2) is 33.8 Å². The first-order chi connectivity index (χ1) is 12.2. The number of aryl methyl sites for hydroxylation is 2. The Morgan fingerprint density at radius 3 is 2.85 bits per heavy atom. The highest BCUT2D eigenvalue weighted by Gasteiger charge is 2.05. The van der Waals surface area contributed by atoms with Gasteiger partial charge >= 0.3 is 0 Å². The van der Waals surface area contributed by atoms with Gasteiger partial charge in [-0.2, -0.15) is 5.10 Å². The summed E-state index contributed by atoms with van der Waals surface area (Å²) in [5.41, 5.74) is 4.89. The minimum Gasteiger partial charge on any atom is -0.361 e. The quantitative estimate of drug-likeness (QED) is 0.297. The Balaban J connectivity index is 0.00000243. The molecule has 0 atom stereocenters. The average Bonchev–Trinajstić information content (AvgIpc) is 3.18. The van der Waals surface area contributed by atoms with Crippen LogP contribution in [-0.2, 0) is 20.0 Å². The van der Waals surface area contributed by atoms with E-state index in [4.69, 9.17) is 0 Å². The van der Waals surface area contributed by atoms with Crippen LogP contribution in [0, 0.1) is 6.92 Å². The molecular formula is C19H27IN6. The summed E-state index contributed by atoms with van der Waals surface area (Å²) in [4.78, 5) is 7.99. The van der Waals surface area contributed by atoms with Gasteiger partial charge in [0, 0.05) is 43.4 Å². The zero-order valence-electron chi connectivity index (χ0n) is 15.5. The summed E-state index contributed by atoms with van der Waals surface area (Å²) in [7, 11) is 1.93.